The van der Waals surface area contributed by atoms with Crippen LogP contribution in [0.2, 0.25) is 0 Å². The highest BCUT2D eigenvalue weighted by Crippen LogP contribution is 2.12. The number of allylic oxidation sites excluding steroid dienone is 1. The van der Waals surface area contributed by atoms with Crippen LogP contribution in [0.3, 0.4) is 0 Å². The third-order valence-corrected chi connectivity index (χ3v) is 2.89. The summed E-state index contributed by atoms with van der Waals surface area (Å²) in [5.41, 5.74) is 4.46. The van der Waals surface area contributed by atoms with Crippen molar-refractivity contribution < 1.29 is 9.72 Å². The van der Waals surface area contributed by atoms with Crippen molar-refractivity contribution in [2.45, 2.75) is 6.92 Å². The maximum Gasteiger partial charge on any atom is 0.272 e. The maximum absolute atomic E-state index is 11.7. The van der Waals surface area contributed by atoms with Gasteiger partial charge in [-0.25, -0.2) is 5.43 Å². The van der Waals surface area contributed by atoms with E-state index in [0.717, 1.165) is 11.3 Å². The minimum atomic E-state index is -0.454. The van der Waals surface area contributed by atoms with Gasteiger partial charge in [-0.05, 0) is 42.8 Å². The zero-order chi connectivity index (χ0) is 16.7. The van der Waals surface area contributed by atoms with Crippen LogP contribution in [0.5, 0.6) is 0 Å². The van der Waals surface area contributed by atoms with Crippen LogP contribution >= 0.6 is 0 Å². The van der Waals surface area contributed by atoms with E-state index in [1.165, 1.54) is 24.5 Å². The first-order valence-corrected chi connectivity index (χ1v) is 6.73. The number of carbonyl (C=O) groups is 1. The average molecular weight is 310 g/mol. The van der Waals surface area contributed by atoms with Crippen molar-refractivity contribution in [3.05, 3.63) is 75.6 Å². The van der Waals surface area contributed by atoms with Gasteiger partial charge in [0.05, 0.1) is 10.5 Å². The number of rotatable bonds is 5. The normalized spacial score (nSPS) is 11.0. The lowest BCUT2D eigenvalue weighted by atomic mass is 10.2. The number of hydrazone groups is 1. The van der Waals surface area contributed by atoms with Gasteiger partial charge in [-0.3, -0.25) is 19.9 Å². The highest BCUT2D eigenvalue weighted by atomic mass is 16.6. The van der Waals surface area contributed by atoms with E-state index < -0.39 is 4.92 Å². The lowest BCUT2D eigenvalue weighted by Gasteiger charge is -1.98. The number of amides is 1. The number of nitrogens with one attached hydrogen (secondary N) is 1. The monoisotopic (exact) mass is 310 g/mol. The van der Waals surface area contributed by atoms with Gasteiger partial charge < -0.3 is 0 Å². The fourth-order valence-corrected chi connectivity index (χ4v) is 1.67. The number of carbonyl (C=O) groups excluding carboxylic acids is 1. The molecule has 23 heavy (non-hydrogen) atoms. The molecule has 0 saturated heterocycles. The Balaban J connectivity index is 1.87. The molecule has 0 bridgehead atoms. The number of aromatic nitrogens is 1. The predicted octanol–water partition coefficient (Wildman–Crippen LogP) is 2.73. The van der Waals surface area contributed by atoms with Crippen molar-refractivity contribution in [2.75, 3.05) is 0 Å². The van der Waals surface area contributed by atoms with Gasteiger partial charge >= 0.3 is 0 Å². The second-order valence-electron chi connectivity index (χ2n) is 4.62. The van der Waals surface area contributed by atoms with E-state index >= 15 is 0 Å². The molecule has 2 rings (SSSR count). The Hall–Kier alpha value is -3.35. The summed E-state index contributed by atoms with van der Waals surface area (Å²) in [5, 5.41) is 14.3. The van der Waals surface area contributed by atoms with Gasteiger partial charge in [0.15, 0.2) is 0 Å². The summed E-state index contributed by atoms with van der Waals surface area (Å²) < 4.78 is 0. The Kier molecular flexibility index (Phi) is 5.30. The first-order chi connectivity index (χ1) is 11.1. The van der Waals surface area contributed by atoms with Crippen molar-refractivity contribution in [1.29, 1.82) is 0 Å². The number of nitro groups is 1. The molecular formula is C16H14N4O3. The molecule has 0 saturated carbocycles. The lowest BCUT2D eigenvalue weighted by Crippen LogP contribution is -2.17. The number of nitrogens with zero attached hydrogens (tertiary/aromatic N) is 3. The number of non-ortho nitro benzene ring substituents is 1. The number of benzene rings is 1. The Bertz CT molecular complexity index is 750. The van der Waals surface area contributed by atoms with Crippen LogP contribution in [-0.4, -0.2) is 22.0 Å². The molecule has 7 heteroatoms. The van der Waals surface area contributed by atoms with Crippen LogP contribution in [0.15, 0.2) is 53.8 Å². The SMILES string of the molecule is Cc1ccc(C(=O)NN=CC=Cc2ccc([N+](=O)[O-])cc2)cn1. The number of nitro benzene ring substituents is 1. The van der Waals surface area contributed by atoms with Gasteiger partial charge in [0, 0.05) is 30.2 Å². The largest absolute Gasteiger partial charge is 0.272 e. The molecule has 116 valence electrons. The highest BCUT2D eigenvalue weighted by Gasteiger charge is 2.03. The standard InChI is InChI=1S/C16H14N4O3/c1-12-4-7-14(11-17-12)16(21)19-18-10-2-3-13-5-8-15(9-6-13)20(22)23/h2-11H,1H3,(H,19,21). The van der Waals surface area contributed by atoms with Gasteiger partial charge in [0.2, 0.25) is 0 Å². The minimum Gasteiger partial charge on any atom is -0.267 e. The molecule has 1 aromatic heterocycles. The van der Waals surface area contributed by atoms with Crippen LogP contribution < -0.4 is 5.43 Å². The maximum atomic E-state index is 11.7. The summed E-state index contributed by atoms with van der Waals surface area (Å²) in [7, 11) is 0. The summed E-state index contributed by atoms with van der Waals surface area (Å²) in [6, 6.07) is 9.50. The third kappa shape index (κ3) is 4.85. The molecule has 0 aliphatic carbocycles. The molecule has 0 spiro atoms. The van der Waals surface area contributed by atoms with E-state index in [1.54, 1.807) is 36.4 Å². The summed E-state index contributed by atoms with van der Waals surface area (Å²) in [5.74, 6) is -0.350. The predicted molar refractivity (Wildman–Crippen MR) is 87.1 cm³/mol. The number of hydrogen-bond acceptors (Lipinski definition) is 5. The molecule has 7 nitrogen and oxygen atoms in total. The summed E-state index contributed by atoms with van der Waals surface area (Å²) >= 11 is 0. The molecule has 0 radical (unpaired) electrons. The van der Waals surface area contributed by atoms with E-state index in [4.69, 9.17) is 0 Å². The number of pyridine rings is 1. The van der Waals surface area contributed by atoms with E-state index in [2.05, 4.69) is 15.5 Å². The topological polar surface area (TPSA) is 97.5 Å². The fraction of sp³-hybridized carbons (Fsp3) is 0.0625. The summed E-state index contributed by atoms with van der Waals surface area (Å²) in [6.45, 7) is 1.84. The lowest BCUT2D eigenvalue weighted by molar-refractivity contribution is -0.384. The molecule has 1 N–H and O–H groups in total. The van der Waals surface area contributed by atoms with Gasteiger partial charge in [0.1, 0.15) is 0 Å². The van der Waals surface area contributed by atoms with Crippen LogP contribution in [0, 0.1) is 17.0 Å². The number of hydrogen-bond donors (Lipinski definition) is 1. The second-order valence-corrected chi connectivity index (χ2v) is 4.62. The molecule has 0 aliphatic rings. The van der Waals surface area contributed by atoms with Gasteiger partial charge in [-0.1, -0.05) is 6.08 Å². The van der Waals surface area contributed by atoms with Crippen molar-refractivity contribution in [2.24, 2.45) is 5.10 Å². The van der Waals surface area contributed by atoms with Crippen LogP contribution in [0.4, 0.5) is 5.69 Å². The zero-order valence-corrected chi connectivity index (χ0v) is 12.3. The van der Waals surface area contributed by atoms with Crippen molar-refractivity contribution in [1.82, 2.24) is 10.4 Å². The Morgan fingerprint density at radius 1 is 1.26 bits per heavy atom. The Morgan fingerprint density at radius 3 is 2.61 bits per heavy atom. The molecule has 1 heterocycles. The molecule has 0 fully saturated rings. The molecule has 0 aliphatic heterocycles. The van der Waals surface area contributed by atoms with E-state index in [-0.39, 0.29) is 11.6 Å². The second kappa shape index (κ2) is 7.60. The fourth-order valence-electron chi connectivity index (χ4n) is 1.67. The molecular weight excluding hydrogens is 296 g/mol. The average Bonchev–Trinajstić information content (AvgIpc) is 2.55. The van der Waals surface area contributed by atoms with Gasteiger partial charge in [-0.15, -0.1) is 0 Å². The van der Waals surface area contributed by atoms with Crippen molar-refractivity contribution >= 4 is 23.9 Å². The smallest absolute Gasteiger partial charge is 0.267 e. The van der Waals surface area contributed by atoms with Crippen molar-refractivity contribution in [3.63, 3.8) is 0 Å². The first kappa shape index (κ1) is 16.0. The molecule has 0 unspecified atom stereocenters. The molecule has 1 amide bonds. The first-order valence-electron chi connectivity index (χ1n) is 6.73. The molecule has 1 aromatic carbocycles. The van der Waals surface area contributed by atoms with E-state index in [1.807, 2.05) is 6.92 Å². The minimum absolute atomic E-state index is 0.0368. The van der Waals surface area contributed by atoms with Gasteiger partial charge in [-0.2, -0.15) is 5.10 Å². The number of aryl methyl sites for hydroxylation is 1. The third-order valence-electron chi connectivity index (χ3n) is 2.89. The zero-order valence-electron chi connectivity index (χ0n) is 12.3. The van der Waals surface area contributed by atoms with Crippen LogP contribution in [0.25, 0.3) is 6.08 Å². The van der Waals surface area contributed by atoms with E-state index in [0.29, 0.717) is 5.56 Å². The van der Waals surface area contributed by atoms with Crippen LogP contribution in [0.1, 0.15) is 21.6 Å². The quantitative estimate of drug-likeness (QED) is 0.521. The summed E-state index contributed by atoms with van der Waals surface area (Å²) in [6.07, 6.45) is 6.23. The summed E-state index contributed by atoms with van der Waals surface area (Å²) in [4.78, 5) is 25.8. The van der Waals surface area contributed by atoms with Crippen LogP contribution in [-0.2, 0) is 0 Å². The molecule has 2 aromatic rings. The Labute approximate surface area is 132 Å². The van der Waals surface area contributed by atoms with Gasteiger partial charge in [0.25, 0.3) is 11.6 Å². The van der Waals surface area contributed by atoms with E-state index in [9.17, 15) is 14.9 Å². The highest BCUT2D eigenvalue weighted by molar-refractivity contribution is 5.94. The van der Waals surface area contributed by atoms with Crippen molar-refractivity contribution in [3.8, 4) is 0 Å². The molecule has 0 atom stereocenters. The Morgan fingerprint density at radius 2 is 2.00 bits per heavy atom.